The first kappa shape index (κ1) is 21.0. The van der Waals surface area contributed by atoms with Gasteiger partial charge in [-0.25, -0.2) is 0 Å². The zero-order valence-electron chi connectivity index (χ0n) is 15.0. The number of halogens is 1. The summed E-state index contributed by atoms with van der Waals surface area (Å²) in [6.07, 6.45) is 0. The number of nitrogens with two attached hydrogens (primary N) is 1. The highest BCUT2D eigenvalue weighted by atomic mass is 35.5. The van der Waals surface area contributed by atoms with Crippen molar-refractivity contribution in [1.29, 1.82) is 0 Å². The molecular formula is C20H27ClN2O2. The van der Waals surface area contributed by atoms with E-state index in [-0.39, 0.29) is 30.8 Å². The third kappa shape index (κ3) is 5.48. The van der Waals surface area contributed by atoms with Crippen LogP contribution < -0.4 is 15.8 Å². The van der Waals surface area contributed by atoms with E-state index >= 15 is 0 Å². The van der Waals surface area contributed by atoms with E-state index in [0.29, 0.717) is 12.3 Å². The zero-order valence-corrected chi connectivity index (χ0v) is 15.8. The molecule has 0 spiro atoms. The van der Waals surface area contributed by atoms with Crippen molar-refractivity contribution in [3.63, 3.8) is 0 Å². The number of carbonyl (C=O) groups excluding carboxylic acids is 1. The lowest BCUT2D eigenvalue weighted by Crippen LogP contribution is -2.56. The Morgan fingerprint density at radius 1 is 1.12 bits per heavy atom. The fraction of sp³-hybridized carbons (Fsp3) is 0.350. The van der Waals surface area contributed by atoms with Crippen molar-refractivity contribution >= 4 is 18.3 Å². The highest BCUT2D eigenvalue weighted by molar-refractivity contribution is 5.85. The van der Waals surface area contributed by atoms with Gasteiger partial charge in [-0.2, -0.15) is 0 Å². The van der Waals surface area contributed by atoms with Crippen molar-refractivity contribution in [2.45, 2.75) is 26.3 Å². The van der Waals surface area contributed by atoms with Gasteiger partial charge in [0.15, 0.2) is 6.61 Å². The van der Waals surface area contributed by atoms with Crippen molar-refractivity contribution in [2.24, 2.45) is 11.7 Å². The van der Waals surface area contributed by atoms with Crippen LogP contribution in [0.25, 0.3) is 11.1 Å². The van der Waals surface area contributed by atoms with Crippen LogP contribution in [0, 0.1) is 5.92 Å². The molecule has 1 amide bonds. The molecular weight excluding hydrogens is 336 g/mol. The Bertz CT molecular complexity index is 676. The number of hydrogen-bond acceptors (Lipinski definition) is 3. The first-order chi connectivity index (χ1) is 11.5. The van der Waals surface area contributed by atoms with Gasteiger partial charge in [0.25, 0.3) is 5.91 Å². The second-order valence-corrected chi connectivity index (χ2v) is 6.48. The van der Waals surface area contributed by atoms with Gasteiger partial charge in [0.2, 0.25) is 0 Å². The Kier molecular flexibility index (Phi) is 7.94. The minimum atomic E-state index is -0.431. The number of rotatable bonds is 7. The first-order valence-corrected chi connectivity index (χ1v) is 8.24. The summed E-state index contributed by atoms with van der Waals surface area (Å²) in [7, 11) is 0. The molecule has 2 rings (SSSR count). The molecule has 0 fully saturated rings. The van der Waals surface area contributed by atoms with E-state index in [1.807, 2.05) is 75.4 Å². The summed E-state index contributed by atoms with van der Waals surface area (Å²) in [4.78, 5) is 12.3. The quantitative estimate of drug-likeness (QED) is 0.790. The van der Waals surface area contributed by atoms with Gasteiger partial charge in [0.05, 0.1) is 5.54 Å². The molecule has 1 unspecified atom stereocenters. The van der Waals surface area contributed by atoms with Crippen LogP contribution in [-0.4, -0.2) is 24.6 Å². The summed E-state index contributed by atoms with van der Waals surface area (Å²) in [5, 5.41) is 2.98. The van der Waals surface area contributed by atoms with Gasteiger partial charge in [-0.05, 0) is 24.5 Å². The predicted octanol–water partition coefficient (Wildman–Crippen LogP) is 3.64. The van der Waals surface area contributed by atoms with Crippen molar-refractivity contribution in [3.05, 3.63) is 54.6 Å². The standard InChI is InChI=1S/C20H26N2O2.ClH/c1-15(2)20(3,14-21)22-19(23)13-24-18-12-8-7-11-17(18)16-9-5-4-6-10-16;/h4-12,15H,13-14,21H2,1-3H3,(H,22,23);1H. The van der Waals surface area contributed by atoms with Crippen molar-refractivity contribution in [3.8, 4) is 16.9 Å². The van der Waals surface area contributed by atoms with Crippen LogP contribution in [0.3, 0.4) is 0 Å². The molecule has 0 radical (unpaired) electrons. The number of para-hydroxylation sites is 1. The van der Waals surface area contributed by atoms with Crippen LogP contribution in [0.1, 0.15) is 20.8 Å². The molecule has 0 heterocycles. The first-order valence-electron chi connectivity index (χ1n) is 8.24. The molecule has 0 aliphatic heterocycles. The Morgan fingerprint density at radius 2 is 1.72 bits per heavy atom. The molecule has 0 aliphatic rings. The second kappa shape index (κ2) is 9.44. The summed E-state index contributed by atoms with van der Waals surface area (Å²) in [5.41, 5.74) is 7.40. The van der Waals surface area contributed by atoms with Crippen molar-refractivity contribution in [1.82, 2.24) is 5.32 Å². The molecule has 5 heteroatoms. The molecule has 0 saturated carbocycles. The minimum Gasteiger partial charge on any atom is -0.483 e. The number of benzene rings is 2. The fourth-order valence-corrected chi connectivity index (χ4v) is 2.38. The number of amides is 1. The zero-order chi connectivity index (χ0) is 17.6. The molecule has 2 aromatic rings. The average Bonchev–Trinajstić information content (AvgIpc) is 2.60. The molecule has 1 atom stereocenters. The number of hydrogen-bond donors (Lipinski definition) is 2. The Hall–Kier alpha value is -2.04. The highest BCUT2D eigenvalue weighted by Crippen LogP contribution is 2.29. The van der Waals surface area contributed by atoms with Crippen LogP contribution >= 0.6 is 12.4 Å². The van der Waals surface area contributed by atoms with E-state index in [2.05, 4.69) is 5.32 Å². The van der Waals surface area contributed by atoms with Gasteiger partial charge in [0.1, 0.15) is 5.75 Å². The molecule has 3 N–H and O–H groups in total. The molecule has 0 aromatic heterocycles. The van der Waals surface area contributed by atoms with Crippen LogP contribution in [0.4, 0.5) is 0 Å². The van der Waals surface area contributed by atoms with Gasteiger partial charge in [-0.1, -0.05) is 62.4 Å². The van der Waals surface area contributed by atoms with Crippen molar-refractivity contribution < 1.29 is 9.53 Å². The number of ether oxygens (including phenoxy) is 1. The third-order valence-electron chi connectivity index (χ3n) is 4.45. The van der Waals surface area contributed by atoms with E-state index in [1.165, 1.54) is 0 Å². The number of nitrogens with one attached hydrogen (secondary N) is 1. The van der Waals surface area contributed by atoms with E-state index < -0.39 is 5.54 Å². The minimum absolute atomic E-state index is 0. The molecule has 0 aliphatic carbocycles. The van der Waals surface area contributed by atoms with E-state index in [9.17, 15) is 4.79 Å². The summed E-state index contributed by atoms with van der Waals surface area (Å²) in [6, 6.07) is 17.7. The highest BCUT2D eigenvalue weighted by Gasteiger charge is 2.28. The van der Waals surface area contributed by atoms with Gasteiger partial charge < -0.3 is 15.8 Å². The van der Waals surface area contributed by atoms with E-state index in [0.717, 1.165) is 11.1 Å². The predicted molar refractivity (Wildman–Crippen MR) is 105 cm³/mol. The molecule has 2 aromatic carbocycles. The largest absolute Gasteiger partial charge is 0.483 e. The monoisotopic (exact) mass is 362 g/mol. The Labute approximate surface area is 156 Å². The number of carbonyl (C=O) groups is 1. The Morgan fingerprint density at radius 3 is 2.32 bits per heavy atom. The maximum Gasteiger partial charge on any atom is 0.258 e. The fourth-order valence-electron chi connectivity index (χ4n) is 2.38. The topological polar surface area (TPSA) is 64.3 Å². The molecule has 136 valence electrons. The average molecular weight is 363 g/mol. The maximum absolute atomic E-state index is 12.3. The lowest BCUT2D eigenvalue weighted by molar-refractivity contribution is -0.125. The summed E-state index contributed by atoms with van der Waals surface area (Å²) >= 11 is 0. The molecule has 0 bridgehead atoms. The van der Waals surface area contributed by atoms with Crippen LogP contribution in [-0.2, 0) is 4.79 Å². The lowest BCUT2D eigenvalue weighted by Gasteiger charge is -2.33. The SMILES string of the molecule is CC(C)C(C)(CN)NC(=O)COc1ccccc1-c1ccccc1.Cl. The molecule has 4 nitrogen and oxygen atoms in total. The van der Waals surface area contributed by atoms with Crippen molar-refractivity contribution in [2.75, 3.05) is 13.2 Å². The van der Waals surface area contributed by atoms with Gasteiger partial charge >= 0.3 is 0 Å². The molecule has 25 heavy (non-hydrogen) atoms. The smallest absolute Gasteiger partial charge is 0.258 e. The second-order valence-electron chi connectivity index (χ2n) is 6.48. The normalized spacial score (nSPS) is 12.8. The van der Waals surface area contributed by atoms with E-state index in [4.69, 9.17) is 10.5 Å². The summed E-state index contributed by atoms with van der Waals surface area (Å²) < 4.78 is 5.77. The van der Waals surface area contributed by atoms with E-state index in [1.54, 1.807) is 0 Å². The van der Waals surface area contributed by atoms with Crippen LogP contribution in [0.5, 0.6) is 5.75 Å². The Balaban J connectivity index is 0.00000312. The van der Waals surface area contributed by atoms with Gasteiger partial charge in [0, 0.05) is 12.1 Å². The van der Waals surface area contributed by atoms with Gasteiger partial charge in [-0.15, -0.1) is 12.4 Å². The van der Waals surface area contributed by atoms with Gasteiger partial charge in [-0.3, -0.25) is 4.79 Å². The summed E-state index contributed by atoms with van der Waals surface area (Å²) in [6.45, 7) is 6.38. The van der Waals surface area contributed by atoms with Crippen LogP contribution in [0.15, 0.2) is 54.6 Å². The van der Waals surface area contributed by atoms with Crippen LogP contribution in [0.2, 0.25) is 0 Å². The summed E-state index contributed by atoms with van der Waals surface area (Å²) in [5.74, 6) is 0.764. The lowest BCUT2D eigenvalue weighted by atomic mass is 9.88. The molecule has 0 saturated heterocycles. The third-order valence-corrected chi connectivity index (χ3v) is 4.45. The maximum atomic E-state index is 12.3.